The molecule has 0 radical (unpaired) electrons. The van der Waals surface area contributed by atoms with Gasteiger partial charge in [-0.2, -0.15) is 0 Å². The zero-order valence-corrected chi connectivity index (χ0v) is 11.6. The maximum atomic E-state index is 11.5. The highest BCUT2D eigenvalue weighted by atomic mass is 35.5. The van der Waals surface area contributed by atoms with Crippen LogP contribution >= 0.6 is 12.4 Å². The van der Waals surface area contributed by atoms with Crippen LogP contribution in [-0.2, 0) is 14.3 Å². The van der Waals surface area contributed by atoms with E-state index in [2.05, 4.69) is 5.32 Å². The van der Waals surface area contributed by atoms with Gasteiger partial charge in [0.25, 0.3) is 0 Å². The summed E-state index contributed by atoms with van der Waals surface area (Å²) in [6, 6.07) is 8.86. The highest BCUT2D eigenvalue weighted by molar-refractivity contribution is 5.85. The number of nitrogens with two attached hydrogens (primary N) is 1. The summed E-state index contributed by atoms with van der Waals surface area (Å²) >= 11 is 0. The third-order valence-corrected chi connectivity index (χ3v) is 2.40. The Morgan fingerprint density at radius 2 is 1.95 bits per heavy atom. The highest BCUT2D eigenvalue weighted by Gasteiger charge is 2.18. The fourth-order valence-corrected chi connectivity index (χ4v) is 1.58. The van der Waals surface area contributed by atoms with Gasteiger partial charge in [0.05, 0.1) is 25.6 Å². The average Bonchev–Trinajstić information content (AvgIpc) is 2.39. The maximum Gasteiger partial charge on any atom is 0.308 e. The number of nitrogens with one attached hydrogen (secondary N) is 1. The molecule has 6 heteroatoms. The summed E-state index contributed by atoms with van der Waals surface area (Å²) in [6.45, 7) is 1.96. The number of carbonyl (C=O) groups excluding carboxylic acids is 2. The minimum absolute atomic E-state index is 0. The molecule has 1 unspecified atom stereocenters. The minimum atomic E-state index is -0.402. The Balaban J connectivity index is 0.00000324. The van der Waals surface area contributed by atoms with Crippen molar-refractivity contribution in [3.63, 3.8) is 0 Å². The molecule has 0 aromatic heterocycles. The molecule has 5 nitrogen and oxygen atoms in total. The van der Waals surface area contributed by atoms with Gasteiger partial charge in [-0.15, -0.1) is 12.4 Å². The maximum absolute atomic E-state index is 11.5. The quantitative estimate of drug-likeness (QED) is 0.770. The summed E-state index contributed by atoms with van der Waals surface area (Å²) in [5.74, 6) is -0.642. The molecule has 0 aliphatic heterocycles. The molecule has 1 rings (SSSR count). The molecule has 0 aliphatic rings. The van der Waals surface area contributed by atoms with Crippen LogP contribution in [0.5, 0.6) is 0 Å². The number of ether oxygens (including phenoxy) is 1. The van der Waals surface area contributed by atoms with E-state index in [0.717, 1.165) is 5.56 Å². The summed E-state index contributed by atoms with van der Waals surface area (Å²) in [5.41, 5.74) is 6.11. The Bertz CT molecular complexity index is 398. The lowest BCUT2D eigenvalue weighted by Gasteiger charge is -2.18. The fraction of sp³-hybridized carbons (Fsp3) is 0.385. The lowest BCUT2D eigenvalue weighted by molar-refractivity contribution is -0.143. The number of benzene rings is 1. The van der Waals surface area contributed by atoms with Crippen molar-refractivity contribution in [2.45, 2.75) is 19.4 Å². The van der Waals surface area contributed by atoms with E-state index in [-0.39, 0.29) is 37.2 Å². The van der Waals surface area contributed by atoms with Crippen LogP contribution in [0.15, 0.2) is 30.3 Å². The first-order valence-electron chi connectivity index (χ1n) is 5.87. The molecule has 0 saturated heterocycles. The summed E-state index contributed by atoms with van der Waals surface area (Å²) < 4.78 is 4.89. The molecule has 1 atom stereocenters. The van der Waals surface area contributed by atoms with Crippen molar-refractivity contribution in [1.29, 1.82) is 0 Å². The second kappa shape index (κ2) is 9.35. The number of halogens is 1. The normalized spacial score (nSPS) is 11.1. The van der Waals surface area contributed by atoms with Crippen LogP contribution in [0.25, 0.3) is 0 Å². The Morgan fingerprint density at radius 1 is 1.32 bits per heavy atom. The average molecular weight is 287 g/mol. The molecule has 1 aromatic carbocycles. The van der Waals surface area contributed by atoms with Gasteiger partial charge < -0.3 is 15.8 Å². The van der Waals surface area contributed by atoms with Gasteiger partial charge in [-0.25, -0.2) is 0 Å². The van der Waals surface area contributed by atoms with Gasteiger partial charge in [0.15, 0.2) is 0 Å². The molecule has 0 aliphatic carbocycles. The van der Waals surface area contributed by atoms with Crippen molar-refractivity contribution in [2.75, 3.05) is 13.2 Å². The molecule has 1 aromatic rings. The second-order valence-corrected chi connectivity index (χ2v) is 3.74. The molecular formula is C13H19ClN2O3. The highest BCUT2D eigenvalue weighted by Crippen LogP contribution is 2.16. The molecular weight excluding hydrogens is 268 g/mol. The number of hydrogen-bond acceptors (Lipinski definition) is 4. The molecule has 0 bridgehead atoms. The number of esters is 1. The van der Waals surface area contributed by atoms with Crippen LogP contribution in [0.1, 0.15) is 24.9 Å². The summed E-state index contributed by atoms with van der Waals surface area (Å²) in [4.78, 5) is 22.8. The van der Waals surface area contributed by atoms with E-state index in [9.17, 15) is 9.59 Å². The van der Waals surface area contributed by atoms with Gasteiger partial charge in [-0.05, 0) is 12.5 Å². The van der Waals surface area contributed by atoms with Crippen molar-refractivity contribution >= 4 is 24.3 Å². The first-order valence-corrected chi connectivity index (χ1v) is 5.87. The zero-order valence-electron chi connectivity index (χ0n) is 10.8. The Labute approximate surface area is 118 Å². The van der Waals surface area contributed by atoms with Gasteiger partial charge in [0.2, 0.25) is 5.91 Å². The van der Waals surface area contributed by atoms with E-state index >= 15 is 0 Å². The number of carbonyl (C=O) groups is 2. The van der Waals surface area contributed by atoms with Gasteiger partial charge in [-0.3, -0.25) is 9.59 Å². The van der Waals surface area contributed by atoms with E-state index in [0.29, 0.717) is 6.61 Å². The first-order chi connectivity index (χ1) is 8.67. The third-order valence-electron chi connectivity index (χ3n) is 2.40. The summed E-state index contributed by atoms with van der Waals surface area (Å²) in [7, 11) is 0. The van der Waals surface area contributed by atoms with Gasteiger partial charge >= 0.3 is 5.97 Å². The van der Waals surface area contributed by atoms with Crippen molar-refractivity contribution in [3.05, 3.63) is 35.9 Å². The second-order valence-electron chi connectivity index (χ2n) is 3.74. The van der Waals surface area contributed by atoms with Crippen molar-refractivity contribution in [2.24, 2.45) is 5.73 Å². The molecule has 0 fully saturated rings. The van der Waals surface area contributed by atoms with Crippen molar-refractivity contribution in [1.82, 2.24) is 5.32 Å². The SMILES string of the molecule is CCOC(=O)CC(NC(=O)CN)c1ccccc1.Cl. The van der Waals surface area contributed by atoms with E-state index in [1.165, 1.54) is 0 Å². The number of amides is 1. The predicted octanol–water partition coefficient (Wildman–Crippen LogP) is 1.18. The zero-order chi connectivity index (χ0) is 13.4. The standard InChI is InChI=1S/C13H18N2O3.ClH/c1-2-18-13(17)8-11(15-12(16)9-14)10-6-4-3-5-7-10;/h3-7,11H,2,8-9,14H2,1H3,(H,15,16);1H. The topological polar surface area (TPSA) is 81.4 Å². The minimum Gasteiger partial charge on any atom is -0.466 e. The van der Waals surface area contributed by atoms with Crippen molar-refractivity contribution < 1.29 is 14.3 Å². The van der Waals surface area contributed by atoms with Crippen LogP contribution in [0.4, 0.5) is 0 Å². The molecule has 0 heterocycles. The summed E-state index contributed by atoms with van der Waals surface area (Å²) in [5, 5.41) is 2.71. The largest absolute Gasteiger partial charge is 0.466 e. The van der Waals surface area contributed by atoms with E-state index in [1.807, 2.05) is 30.3 Å². The molecule has 19 heavy (non-hydrogen) atoms. The van der Waals surface area contributed by atoms with E-state index in [4.69, 9.17) is 10.5 Å². The predicted molar refractivity (Wildman–Crippen MR) is 74.9 cm³/mol. The lowest BCUT2D eigenvalue weighted by Crippen LogP contribution is -2.35. The molecule has 0 spiro atoms. The van der Waals surface area contributed by atoms with Gasteiger partial charge in [0.1, 0.15) is 0 Å². The Morgan fingerprint density at radius 3 is 2.47 bits per heavy atom. The molecule has 106 valence electrons. The van der Waals surface area contributed by atoms with Gasteiger partial charge in [-0.1, -0.05) is 30.3 Å². The van der Waals surface area contributed by atoms with E-state index in [1.54, 1.807) is 6.92 Å². The smallest absolute Gasteiger partial charge is 0.308 e. The van der Waals surface area contributed by atoms with Crippen molar-refractivity contribution in [3.8, 4) is 0 Å². The summed E-state index contributed by atoms with van der Waals surface area (Å²) in [6.07, 6.45) is 0.101. The molecule has 1 amide bonds. The van der Waals surface area contributed by atoms with E-state index < -0.39 is 6.04 Å². The Hall–Kier alpha value is -1.59. The lowest BCUT2D eigenvalue weighted by atomic mass is 10.0. The van der Waals surface area contributed by atoms with Crippen LogP contribution in [-0.4, -0.2) is 25.0 Å². The Kier molecular flexibility index (Phi) is 8.57. The molecule has 0 saturated carbocycles. The van der Waals surface area contributed by atoms with Gasteiger partial charge in [0, 0.05) is 0 Å². The van der Waals surface area contributed by atoms with Crippen LogP contribution in [0.3, 0.4) is 0 Å². The third kappa shape index (κ3) is 6.22. The monoisotopic (exact) mass is 286 g/mol. The molecule has 3 N–H and O–H groups in total. The number of rotatable bonds is 6. The fourth-order valence-electron chi connectivity index (χ4n) is 1.58. The number of hydrogen-bond donors (Lipinski definition) is 2. The van der Waals surface area contributed by atoms with Crippen LogP contribution < -0.4 is 11.1 Å². The first kappa shape index (κ1) is 17.4. The van der Waals surface area contributed by atoms with Crippen LogP contribution in [0, 0.1) is 0 Å². The van der Waals surface area contributed by atoms with Crippen LogP contribution in [0.2, 0.25) is 0 Å².